The third-order valence-corrected chi connectivity index (χ3v) is 7.21. The van der Waals surface area contributed by atoms with E-state index < -0.39 is 6.04 Å². The maximum absolute atomic E-state index is 13.7. The zero-order valence-corrected chi connectivity index (χ0v) is 21.4. The van der Waals surface area contributed by atoms with Gasteiger partial charge in [0.25, 0.3) is 5.91 Å². The number of hydrogen-bond acceptors (Lipinski definition) is 3. The summed E-state index contributed by atoms with van der Waals surface area (Å²) in [6.07, 6.45) is 0.757. The van der Waals surface area contributed by atoms with Gasteiger partial charge in [-0.2, -0.15) is 0 Å². The van der Waals surface area contributed by atoms with Crippen LogP contribution in [0.4, 0.5) is 5.69 Å². The number of rotatable bonds is 8. The molecule has 6 nitrogen and oxygen atoms in total. The summed E-state index contributed by atoms with van der Waals surface area (Å²) in [7, 11) is 0. The first kappa shape index (κ1) is 25.0. The Balaban J connectivity index is 1.66. The molecule has 3 aromatic rings. The molecular weight excluding hydrogens is 485 g/mol. The molecule has 1 N–H and O–H groups in total. The highest BCUT2D eigenvalue weighted by Gasteiger charge is 2.34. The largest absolute Gasteiger partial charge is 0.352 e. The Morgan fingerprint density at radius 1 is 1.00 bits per heavy atom. The van der Waals surface area contributed by atoms with E-state index in [1.165, 1.54) is 9.80 Å². The van der Waals surface area contributed by atoms with Gasteiger partial charge < -0.3 is 10.2 Å². The third-order valence-electron chi connectivity index (χ3n) is 6.50. The van der Waals surface area contributed by atoms with Crippen molar-refractivity contribution in [1.29, 1.82) is 0 Å². The van der Waals surface area contributed by atoms with Gasteiger partial charge in [0.1, 0.15) is 12.6 Å². The summed E-state index contributed by atoms with van der Waals surface area (Å²) < 4.78 is 0. The van der Waals surface area contributed by atoms with Gasteiger partial charge in [-0.1, -0.05) is 60.5 Å². The number of nitrogens with one attached hydrogen (secondary N) is 1. The lowest BCUT2D eigenvalue weighted by molar-refractivity contribution is -0.139. The Morgan fingerprint density at radius 2 is 1.63 bits per heavy atom. The van der Waals surface area contributed by atoms with Crippen molar-refractivity contribution < 1.29 is 14.4 Å². The van der Waals surface area contributed by atoms with Crippen LogP contribution in [0.25, 0.3) is 10.8 Å². The third kappa shape index (κ3) is 4.86. The van der Waals surface area contributed by atoms with Crippen molar-refractivity contribution in [1.82, 2.24) is 10.2 Å². The molecule has 35 heavy (non-hydrogen) atoms. The average molecular weight is 512 g/mol. The second-order valence-corrected chi connectivity index (χ2v) is 9.60. The second kappa shape index (κ2) is 10.3. The molecule has 3 aromatic carbocycles. The standard InChI is InChI=1S/C27H27Cl2N3O3/c1-4-16(2)30-26(34)17(3)31(14-20-21(28)11-7-12-22(20)29)24(33)15-32-23-13-6-9-18-8-5-10-19(25(18)23)27(32)35/h5-13,16-17H,4,14-15H2,1-3H3,(H,30,34)/t16-,17-/m1/s1. The molecule has 0 spiro atoms. The number of anilines is 1. The molecule has 0 radical (unpaired) electrons. The molecule has 0 aromatic heterocycles. The fourth-order valence-electron chi connectivity index (χ4n) is 4.26. The van der Waals surface area contributed by atoms with Crippen molar-refractivity contribution in [2.24, 2.45) is 0 Å². The second-order valence-electron chi connectivity index (χ2n) is 8.79. The lowest BCUT2D eigenvalue weighted by atomic mass is 10.1. The van der Waals surface area contributed by atoms with Crippen LogP contribution in [0, 0.1) is 0 Å². The predicted octanol–water partition coefficient (Wildman–Crippen LogP) is 5.44. The van der Waals surface area contributed by atoms with Gasteiger partial charge in [-0.25, -0.2) is 0 Å². The molecule has 182 valence electrons. The smallest absolute Gasteiger partial charge is 0.259 e. The Bertz CT molecular complexity index is 1280. The molecule has 2 atom stereocenters. The molecule has 0 unspecified atom stereocenters. The van der Waals surface area contributed by atoms with E-state index in [0.717, 1.165) is 17.2 Å². The lowest BCUT2D eigenvalue weighted by Gasteiger charge is -2.31. The van der Waals surface area contributed by atoms with E-state index in [9.17, 15) is 14.4 Å². The fourth-order valence-corrected chi connectivity index (χ4v) is 4.78. The van der Waals surface area contributed by atoms with Crippen molar-refractivity contribution in [2.75, 3.05) is 11.4 Å². The van der Waals surface area contributed by atoms with Gasteiger partial charge in [-0.05, 0) is 49.9 Å². The van der Waals surface area contributed by atoms with Crippen molar-refractivity contribution in [2.45, 2.75) is 45.8 Å². The highest BCUT2D eigenvalue weighted by Crippen LogP contribution is 2.37. The van der Waals surface area contributed by atoms with Crippen molar-refractivity contribution in [3.8, 4) is 0 Å². The van der Waals surface area contributed by atoms with Gasteiger partial charge in [-0.3, -0.25) is 19.3 Å². The SMILES string of the molecule is CC[C@@H](C)NC(=O)[C@@H](C)N(Cc1c(Cl)cccc1Cl)C(=O)CN1C(=O)c2cccc3cccc1c23. The highest BCUT2D eigenvalue weighted by molar-refractivity contribution is 6.36. The molecule has 0 saturated carbocycles. The first-order valence-electron chi connectivity index (χ1n) is 11.6. The fraction of sp³-hybridized carbons (Fsp3) is 0.296. The molecular formula is C27H27Cl2N3O3. The molecule has 8 heteroatoms. The minimum atomic E-state index is -0.806. The van der Waals surface area contributed by atoms with Gasteiger partial charge >= 0.3 is 0 Å². The molecule has 1 aliphatic heterocycles. The first-order chi connectivity index (χ1) is 16.7. The minimum Gasteiger partial charge on any atom is -0.352 e. The summed E-state index contributed by atoms with van der Waals surface area (Å²) in [4.78, 5) is 42.8. The van der Waals surface area contributed by atoms with E-state index in [1.54, 1.807) is 31.2 Å². The topological polar surface area (TPSA) is 69.7 Å². The van der Waals surface area contributed by atoms with E-state index >= 15 is 0 Å². The van der Waals surface area contributed by atoms with Crippen LogP contribution in [-0.2, 0) is 16.1 Å². The quantitative estimate of drug-likeness (QED) is 0.437. The normalized spacial score (nSPS) is 14.2. The summed E-state index contributed by atoms with van der Waals surface area (Å²) in [5.41, 5.74) is 1.79. The summed E-state index contributed by atoms with van der Waals surface area (Å²) in [5.74, 6) is -0.905. The zero-order valence-electron chi connectivity index (χ0n) is 19.8. The van der Waals surface area contributed by atoms with Gasteiger partial charge in [-0.15, -0.1) is 0 Å². The summed E-state index contributed by atoms with van der Waals surface area (Å²) >= 11 is 12.8. The number of nitrogens with zero attached hydrogens (tertiary/aromatic N) is 2. The van der Waals surface area contributed by atoms with Crippen LogP contribution in [0.5, 0.6) is 0 Å². The number of halogens is 2. The molecule has 1 heterocycles. The maximum atomic E-state index is 13.7. The van der Waals surface area contributed by atoms with Crippen LogP contribution < -0.4 is 10.2 Å². The number of amides is 3. The Morgan fingerprint density at radius 3 is 2.29 bits per heavy atom. The predicted molar refractivity (Wildman–Crippen MR) is 140 cm³/mol. The van der Waals surface area contributed by atoms with Gasteiger partial charge in [0.05, 0.1) is 5.69 Å². The number of benzene rings is 3. The van der Waals surface area contributed by atoms with Crippen LogP contribution in [0.1, 0.15) is 43.1 Å². The Labute approximate surface area is 214 Å². The molecule has 0 aliphatic carbocycles. The Kier molecular flexibility index (Phi) is 7.33. The van der Waals surface area contributed by atoms with Gasteiger partial charge in [0, 0.05) is 39.1 Å². The van der Waals surface area contributed by atoms with Crippen molar-refractivity contribution in [3.63, 3.8) is 0 Å². The average Bonchev–Trinajstić information content (AvgIpc) is 3.11. The van der Waals surface area contributed by atoms with E-state index in [4.69, 9.17) is 23.2 Å². The van der Waals surface area contributed by atoms with Crippen LogP contribution in [-0.4, -0.2) is 41.2 Å². The number of carbonyl (C=O) groups excluding carboxylic acids is 3. The van der Waals surface area contributed by atoms with Gasteiger partial charge in [0.2, 0.25) is 11.8 Å². The van der Waals surface area contributed by atoms with Crippen molar-refractivity contribution >= 4 is 57.4 Å². The molecule has 4 rings (SSSR count). The maximum Gasteiger partial charge on any atom is 0.259 e. The molecule has 0 saturated heterocycles. The monoisotopic (exact) mass is 511 g/mol. The van der Waals surface area contributed by atoms with E-state index in [0.29, 0.717) is 26.9 Å². The summed E-state index contributed by atoms with van der Waals surface area (Å²) in [6.45, 7) is 5.37. The molecule has 0 fully saturated rings. The molecule has 3 amide bonds. The Hall–Kier alpha value is -3.09. The van der Waals surface area contributed by atoms with Crippen molar-refractivity contribution in [3.05, 3.63) is 75.8 Å². The van der Waals surface area contributed by atoms with Gasteiger partial charge in [0.15, 0.2) is 0 Å². The molecule has 0 bridgehead atoms. The molecule has 1 aliphatic rings. The highest BCUT2D eigenvalue weighted by atomic mass is 35.5. The number of carbonyl (C=O) groups is 3. The van der Waals surface area contributed by atoms with Crippen LogP contribution in [0.2, 0.25) is 10.0 Å². The first-order valence-corrected chi connectivity index (χ1v) is 12.3. The summed E-state index contributed by atoms with van der Waals surface area (Å²) in [5, 5.41) is 5.50. The van der Waals surface area contributed by atoms with E-state index in [2.05, 4.69) is 5.32 Å². The summed E-state index contributed by atoms with van der Waals surface area (Å²) in [6, 6.07) is 15.4. The van der Waals surface area contributed by atoms with E-state index in [-0.39, 0.29) is 36.9 Å². The van der Waals surface area contributed by atoms with Crippen LogP contribution >= 0.6 is 23.2 Å². The lowest BCUT2D eigenvalue weighted by Crippen LogP contribution is -2.52. The number of hydrogen-bond donors (Lipinski definition) is 1. The van der Waals surface area contributed by atoms with Crippen LogP contribution in [0.3, 0.4) is 0 Å². The minimum absolute atomic E-state index is 0.0333. The van der Waals surface area contributed by atoms with E-state index in [1.807, 2.05) is 44.2 Å². The van der Waals surface area contributed by atoms with Crippen LogP contribution in [0.15, 0.2) is 54.6 Å². The zero-order chi connectivity index (χ0) is 25.3.